The van der Waals surface area contributed by atoms with E-state index in [-0.39, 0.29) is 80.9 Å². The van der Waals surface area contributed by atoms with Crippen LogP contribution in [-0.2, 0) is 0 Å². The van der Waals surface area contributed by atoms with E-state index < -0.39 is 5.97 Å². The molecule has 0 aliphatic carbocycles. The molecule has 0 radical (unpaired) electrons. The number of aromatic carboxylic acids is 1. The molecule has 2 nitrogen and oxygen atoms in total. The van der Waals surface area contributed by atoms with Crippen molar-refractivity contribution < 1.29 is 9.90 Å². The van der Waals surface area contributed by atoms with Crippen LogP contribution in [0.4, 0.5) is 0 Å². The zero-order valence-corrected chi connectivity index (χ0v) is 6.90. The fraction of sp³-hybridized carbons (Fsp3) is 0. The van der Waals surface area contributed by atoms with Crippen molar-refractivity contribution in [2.24, 2.45) is 0 Å². The van der Waals surface area contributed by atoms with Gasteiger partial charge in [-0.1, -0.05) is 36.4 Å². The third-order valence-corrected chi connectivity index (χ3v) is 2.02. The van der Waals surface area contributed by atoms with Crippen molar-refractivity contribution in [3.8, 4) is 0 Å². The Labute approximate surface area is 153 Å². The summed E-state index contributed by atoms with van der Waals surface area (Å²) in [6.45, 7) is 0. The fourth-order valence-electron chi connectivity index (χ4n) is 1.41. The summed E-state index contributed by atoms with van der Waals surface area (Å²) in [4.78, 5) is 10.8. The van der Waals surface area contributed by atoms with Crippen LogP contribution in [0.5, 0.6) is 0 Å². The van der Waals surface area contributed by atoms with Crippen LogP contribution >= 0.6 is 0 Å². The van der Waals surface area contributed by atoms with Gasteiger partial charge in [0.05, 0.1) is 5.56 Å². The molecule has 0 spiro atoms. The summed E-state index contributed by atoms with van der Waals surface area (Å²) in [5.41, 5.74) is 0.359. The zero-order valence-electron chi connectivity index (χ0n) is 6.90. The molecule has 0 unspecified atom stereocenters. The third kappa shape index (κ3) is 3.65. The summed E-state index contributed by atoms with van der Waals surface area (Å²) in [5, 5.41) is 10.6. The van der Waals surface area contributed by atoms with Gasteiger partial charge in [-0.15, -0.1) is 0 Å². The van der Waals surface area contributed by atoms with Crippen molar-refractivity contribution >= 4 is 97.7 Å². The summed E-state index contributed by atoms with van der Waals surface area (Å²) in [5.74, 6) is -0.878. The first-order valence-corrected chi connectivity index (χ1v) is 4.00. The van der Waals surface area contributed by atoms with Gasteiger partial charge in [0.15, 0.2) is 0 Å². The van der Waals surface area contributed by atoms with Gasteiger partial charge in [-0.05, 0) is 16.8 Å². The molecule has 0 atom stereocenters. The number of fused-ring (bicyclic) bond motifs is 1. The summed E-state index contributed by atoms with van der Waals surface area (Å²) in [6, 6.07) is 12.7. The van der Waals surface area contributed by atoms with E-state index >= 15 is 0 Å². The SMILES string of the molecule is O=C(O)c1cccc2ccccc12.[KH].[NaH]. The summed E-state index contributed by atoms with van der Waals surface area (Å²) < 4.78 is 0. The van der Waals surface area contributed by atoms with Crippen LogP contribution in [0, 0.1) is 0 Å². The van der Waals surface area contributed by atoms with Gasteiger partial charge >= 0.3 is 86.9 Å². The molecule has 0 saturated carbocycles. The summed E-state index contributed by atoms with van der Waals surface area (Å²) in [7, 11) is 0. The van der Waals surface area contributed by atoms with E-state index in [1.807, 2.05) is 30.3 Å². The van der Waals surface area contributed by atoms with Crippen molar-refractivity contribution in [1.29, 1.82) is 0 Å². The van der Waals surface area contributed by atoms with Gasteiger partial charge < -0.3 is 5.11 Å². The van der Waals surface area contributed by atoms with Gasteiger partial charge in [-0.25, -0.2) is 4.79 Å². The molecule has 4 heteroatoms. The first-order chi connectivity index (χ1) is 6.29. The number of hydrogen-bond donors (Lipinski definition) is 1. The molecule has 2 aromatic carbocycles. The van der Waals surface area contributed by atoms with Crippen molar-refractivity contribution in [2.75, 3.05) is 0 Å². The number of carboxylic acids is 1. The van der Waals surface area contributed by atoms with Gasteiger partial charge in [0, 0.05) is 0 Å². The monoisotopic (exact) mass is 236 g/mol. The molecule has 0 aliphatic heterocycles. The van der Waals surface area contributed by atoms with Crippen molar-refractivity contribution in [3.05, 3.63) is 48.0 Å². The van der Waals surface area contributed by atoms with Gasteiger partial charge in [0.1, 0.15) is 0 Å². The first kappa shape index (κ1) is 15.8. The number of carbonyl (C=O) groups is 1. The number of hydrogen-bond acceptors (Lipinski definition) is 1. The van der Waals surface area contributed by atoms with Crippen LogP contribution in [-0.4, -0.2) is 92.0 Å². The minimum atomic E-state index is -0.878. The van der Waals surface area contributed by atoms with Crippen LogP contribution in [0.2, 0.25) is 0 Å². The average Bonchev–Trinajstić information content (AvgIpc) is 2.17. The average molecular weight is 236 g/mol. The van der Waals surface area contributed by atoms with Crippen LogP contribution < -0.4 is 0 Å². The Morgan fingerprint density at radius 1 is 1.00 bits per heavy atom. The van der Waals surface area contributed by atoms with Gasteiger partial charge in [-0.2, -0.15) is 0 Å². The minimum absolute atomic E-state index is 0. The van der Waals surface area contributed by atoms with Gasteiger partial charge in [-0.3, -0.25) is 0 Å². The molecule has 0 saturated heterocycles. The Balaban J connectivity index is 0.000000980. The quantitative estimate of drug-likeness (QED) is 0.756. The van der Waals surface area contributed by atoms with Crippen molar-refractivity contribution in [3.63, 3.8) is 0 Å². The Bertz CT molecular complexity index is 466. The van der Waals surface area contributed by atoms with E-state index in [0.29, 0.717) is 5.56 Å². The molecular formula is C11H10KNaO2. The van der Waals surface area contributed by atoms with E-state index in [2.05, 4.69) is 0 Å². The predicted molar refractivity (Wildman–Crippen MR) is 65.2 cm³/mol. The van der Waals surface area contributed by atoms with Gasteiger partial charge in [0.2, 0.25) is 0 Å². The second kappa shape index (κ2) is 7.19. The third-order valence-electron chi connectivity index (χ3n) is 2.02. The van der Waals surface area contributed by atoms with Crippen LogP contribution in [0.15, 0.2) is 42.5 Å². The van der Waals surface area contributed by atoms with E-state index in [4.69, 9.17) is 5.11 Å². The maximum atomic E-state index is 10.8. The summed E-state index contributed by atoms with van der Waals surface area (Å²) in [6.07, 6.45) is 0. The number of benzene rings is 2. The standard InChI is InChI=1S/C11H8O2.K.Na.2H/c12-11(13)10-7-3-5-8-4-1-2-6-9(8)10;;;;/h1-7H,(H,12,13);;;;. The van der Waals surface area contributed by atoms with Crippen molar-refractivity contribution in [2.45, 2.75) is 0 Å². The normalized spacial score (nSPS) is 8.80. The molecule has 15 heavy (non-hydrogen) atoms. The topological polar surface area (TPSA) is 37.3 Å². The van der Waals surface area contributed by atoms with Crippen molar-refractivity contribution in [1.82, 2.24) is 0 Å². The zero-order chi connectivity index (χ0) is 9.26. The molecule has 1 N–H and O–H groups in total. The second-order valence-electron chi connectivity index (χ2n) is 2.83. The molecule has 2 aromatic rings. The molecule has 0 amide bonds. The Hall–Kier alpha value is 0.806. The summed E-state index contributed by atoms with van der Waals surface area (Å²) >= 11 is 0. The first-order valence-electron chi connectivity index (χ1n) is 4.00. The molecule has 2 rings (SSSR count). The molecule has 0 bridgehead atoms. The number of rotatable bonds is 1. The molecule has 0 fully saturated rings. The molecule has 0 aromatic heterocycles. The second-order valence-corrected chi connectivity index (χ2v) is 2.83. The van der Waals surface area contributed by atoms with E-state index in [1.54, 1.807) is 12.1 Å². The number of carboxylic acid groups (broad SMARTS) is 1. The molecule has 0 heterocycles. The fourth-order valence-corrected chi connectivity index (χ4v) is 1.41. The Morgan fingerprint density at radius 2 is 1.60 bits per heavy atom. The molecule has 0 aliphatic rings. The van der Waals surface area contributed by atoms with Crippen LogP contribution in [0.3, 0.4) is 0 Å². The van der Waals surface area contributed by atoms with E-state index in [1.165, 1.54) is 0 Å². The van der Waals surface area contributed by atoms with Crippen LogP contribution in [0.1, 0.15) is 10.4 Å². The predicted octanol–water partition coefficient (Wildman–Crippen LogP) is 1.24. The molecular weight excluding hydrogens is 226 g/mol. The van der Waals surface area contributed by atoms with Crippen LogP contribution in [0.25, 0.3) is 10.8 Å². The Morgan fingerprint density at radius 3 is 2.27 bits per heavy atom. The van der Waals surface area contributed by atoms with E-state index in [0.717, 1.165) is 10.8 Å². The van der Waals surface area contributed by atoms with E-state index in [9.17, 15) is 4.79 Å². The Kier molecular flexibility index (Phi) is 7.58. The van der Waals surface area contributed by atoms with Gasteiger partial charge in [0.25, 0.3) is 0 Å². The molecule has 68 valence electrons. The maximum absolute atomic E-state index is 10.8.